The first-order valence-electron chi connectivity index (χ1n) is 5.23. The molecule has 0 spiro atoms. The number of ether oxygens (including phenoxy) is 1. The second-order valence-corrected chi connectivity index (χ2v) is 4.19. The van der Waals surface area contributed by atoms with Crippen LogP contribution in [0.15, 0.2) is 11.0 Å². The fraction of sp³-hybridized carbons (Fsp3) is 0.600. The molecule has 0 bridgehead atoms. The molecule has 1 fully saturated rings. The van der Waals surface area contributed by atoms with Crippen molar-refractivity contribution < 1.29 is 4.74 Å². The van der Waals surface area contributed by atoms with Crippen molar-refractivity contribution in [1.82, 2.24) is 9.78 Å². The Morgan fingerprint density at radius 3 is 3.06 bits per heavy atom. The number of anilines is 1. The quantitative estimate of drug-likeness (QED) is 0.842. The predicted molar refractivity (Wildman–Crippen MR) is 62.0 cm³/mol. The molecule has 0 aromatic carbocycles. The molecule has 1 saturated carbocycles. The summed E-state index contributed by atoms with van der Waals surface area (Å²) in [6, 6.07) is 0.452. The van der Waals surface area contributed by atoms with E-state index in [-0.39, 0.29) is 10.6 Å². The van der Waals surface area contributed by atoms with Crippen LogP contribution < -0.4 is 10.9 Å². The van der Waals surface area contributed by atoms with E-state index in [1.807, 2.05) is 0 Å². The smallest absolute Gasteiger partial charge is 0.287 e. The summed E-state index contributed by atoms with van der Waals surface area (Å²) in [4.78, 5) is 11.8. The Balaban J connectivity index is 2.17. The zero-order valence-corrected chi connectivity index (χ0v) is 9.83. The Kier molecular flexibility index (Phi) is 3.46. The molecule has 1 heterocycles. The maximum absolute atomic E-state index is 11.8. The number of methoxy groups -OCH3 is 1. The van der Waals surface area contributed by atoms with Crippen LogP contribution in [0.4, 0.5) is 5.69 Å². The van der Waals surface area contributed by atoms with Gasteiger partial charge in [-0.3, -0.25) is 4.79 Å². The molecule has 0 saturated heterocycles. The third-order valence-corrected chi connectivity index (χ3v) is 2.79. The molecule has 1 aromatic rings. The van der Waals surface area contributed by atoms with Gasteiger partial charge in [0, 0.05) is 13.2 Å². The van der Waals surface area contributed by atoms with Crippen LogP contribution >= 0.6 is 11.6 Å². The lowest BCUT2D eigenvalue weighted by Gasteiger charge is -2.08. The van der Waals surface area contributed by atoms with Crippen molar-refractivity contribution in [2.45, 2.75) is 25.4 Å². The number of nitrogens with one attached hydrogen (secondary N) is 1. The van der Waals surface area contributed by atoms with E-state index in [1.165, 1.54) is 4.68 Å². The molecule has 0 aliphatic heterocycles. The number of aromatic nitrogens is 2. The summed E-state index contributed by atoms with van der Waals surface area (Å²) < 4.78 is 6.20. The summed E-state index contributed by atoms with van der Waals surface area (Å²) >= 11 is 5.97. The largest absolute Gasteiger partial charge is 0.383 e. The van der Waals surface area contributed by atoms with Crippen LogP contribution in [0.3, 0.4) is 0 Å². The maximum atomic E-state index is 11.8. The van der Waals surface area contributed by atoms with Gasteiger partial charge in [0.2, 0.25) is 0 Å². The average Bonchev–Trinajstić information content (AvgIpc) is 3.08. The average molecular weight is 244 g/mol. The van der Waals surface area contributed by atoms with Gasteiger partial charge in [-0.15, -0.1) is 0 Å². The van der Waals surface area contributed by atoms with Crippen LogP contribution in [0.2, 0.25) is 5.02 Å². The first-order valence-corrected chi connectivity index (χ1v) is 5.61. The van der Waals surface area contributed by atoms with Crippen LogP contribution in [-0.2, 0) is 11.3 Å². The van der Waals surface area contributed by atoms with Crippen LogP contribution in [-0.4, -0.2) is 29.5 Å². The molecule has 2 rings (SSSR count). The predicted octanol–water partition coefficient (Wildman–Crippen LogP) is 1.12. The zero-order chi connectivity index (χ0) is 11.5. The summed E-state index contributed by atoms with van der Waals surface area (Å²) in [5, 5.41) is 7.41. The van der Waals surface area contributed by atoms with Gasteiger partial charge in [-0.05, 0) is 12.8 Å². The molecule has 0 unspecified atom stereocenters. The molecule has 0 atom stereocenters. The fourth-order valence-corrected chi connectivity index (χ4v) is 1.55. The number of nitrogens with zero attached hydrogens (tertiary/aromatic N) is 2. The van der Waals surface area contributed by atoms with Crippen molar-refractivity contribution in [2.75, 3.05) is 19.0 Å². The molecule has 1 N–H and O–H groups in total. The Morgan fingerprint density at radius 2 is 2.44 bits per heavy atom. The molecule has 1 aliphatic carbocycles. The van der Waals surface area contributed by atoms with E-state index in [0.717, 1.165) is 12.8 Å². The molecular weight excluding hydrogens is 230 g/mol. The Morgan fingerprint density at radius 1 is 1.69 bits per heavy atom. The summed E-state index contributed by atoms with van der Waals surface area (Å²) in [5.74, 6) is 0. The molecule has 16 heavy (non-hydrogen) atoms. The Labute approximate surface area is 98.4 Å². The van der Waals surface area contributed by atoms with Crippen LogP contribution in [0.25, 0.3) is 0 Å². The third kappa shape index (κ3) is 2.54. The summed E-state index contributed by atoms with van der Waals surface area (Å²) in [6.07, 6.45) is 3.85. The van der Waals surface area contributed by atoms with Crippen molar-refractivity contribution in [3.8, 4) is 0 Å². The molecule has 1 aromatic heterocycles. The van der Waals surface area contributed by atoms with Crippen molar-refractivity contribution >= 4 is 17.3 Å². The van der Waals surface area contributed by atoms with Crippen molar-refractivity contribution in [3.63, 3.8) is 0 Å². The number of rotatable bonds is 5. The van der Waals surface area contributed by atoms with Gasteiger partial charge in [-0.1, -0.05) is 11.6 Å². The second-order valence-electron chi connectivity index (χ2n) is 3.81. The van der Waals surface area contributed by atoms with Gasteiger partial charge in [0.15, 0.2) is 0 Å². The minimum Gasteiger partial charge on any atom is -0.383 e. The lowest BCUT2D eigenvalue weighted by Crippen LogP contribution is -2.26. The van der Waals surface area contributed by atoms with E-state index in [1.54, 1.807) is 13.3 Å². The highest BCUT2D eigenvalue weighted by Gasteiger charge is 2.22. The molecular formula is C10H14ClN3O2. The minimum atomic E-state index is -0.274. The molecule has 6 heteroatoms. The second kappa shape index (κ2) is 4.84. The summed E-state index contributed by atoms with van der Waals surface area (Å²) in [7, 11) is 1.58. The van der Waals surface area contributed by atoms with Crippen molar-refractivity contribution in [2.24, 2.45) is 0 Å². The minimum absolute atomic E-state index is 0.206. The molecule has 88 valence electrons. The Bertz CT molecular complexity index is 429. The SMILES string of the molecule is COCCn1ncc(NC2CC2)c(Cl)c1=O. The van der Waals surface area contributed by atoms with Gasteiger partial charge in [0.05, 0.1) is 25.0 Å². The number of hydrogen-bond donors (Lipinski definition) is 1. The number of hydrogen-bond acceptors (Lipinski definition) is 4. The molecule has 1 aliphatic rings. The fourth-order valence-electron chi connectivity index (χ4n) is 1.35. The summed E-state index contributed by atoms with van der Waals surface area (Å²) in [6.45, 7) is 0.859. The van der Waals surface area contributed by atoms with E-state index < -0.39 is 0 Å². The van der Waals surface area contributed by atoms with Gasteiger partial charge in [0.1, 0.15) is 5.02 Å². The molecule has 5 nitrogen and oxygen atoms in total. The van der Waals surface area contributed by atoms with Gasteiger partial charge < -0.3 is 10.1 Å². The van der Waals surface area contributed by atoms with Gasteiger partial charge in [-0.2, -0.15) is 5.10 Å². The van der Waals surface area contributed by atoms with Crippen LogP contribution in [0.5, 0.6) is 0 Å². The highest BCUT2D eigenvalue weighted by Crippen LogP contribution is 2.26. The molecule has 0 radical (unpaired) electrons. The lowest BCUT2D eigenvalue weighted by molar-refractivity contribution is 0.182. The normalized spacial score (nSPS) is 15.1. The maximum Gasteiger partial charge on any atom is 0.287 e. The van der Waals surface area contributed by atoms with Gasteiger partial charge >= 0.3 is 0 Å². The first kappa shape index (κ1) is 11.4. The standard InChI is InChI=1S/C10H14ClN3O2/c1-16-5-4-14-10(15)9(11)8(6-12-14)13-7-2-3-7/h6-7,13H,2-5H2,1H3. The van der Waals surface area contributed by atoms with E-state index in [4.69, 9.17) is 16.3 Å². The van der Waals surface area contributed by atoms with Gasteiger partial charge in [0.25, 0.3) is 5.56 Å². The van der Waals surface area contributed by atoms with E-state index >= 15 is 0 Å². The van der Waals surface area contributed by atoms with Crippen molar-refractivity contribution in [3.05, 3.63) is 21.6 Å². The monoisotopic (exact) mass is 243 g/mol. The lowest BCUT2D eigenvalue weighted by atomic mass is 10.4. The Hall–Kier alpha value is -1.07. The highest BCUT2D eigenvalue weighted by molar-refractivity contribution is 6.32. The van der Waals surface area contributed by atoms with Gasteiger partial charge in [-0.25, -0.2) is 4.68 Å². The van der Waals surface area contributed by atoms with Crippen LogP contribution in [0, 0.1) is 0 Å². The van der Waals surface area contributed by atoms with E-state index in [2.05, 4.69) is 10.4 Å². The topological polar surface area (TPSA) is 56.1 Å². The van der Waals surface area contributed by atoms with E-state index in [0.29, 0.717) is 24.9 Å². The molecule has 0 amide bonds. The van der Waals surface area contributed by atoms with E-state index in [9.17, 15) is 4.79 Å². The third-order valence-electron chi connectivity index (χ3n) is 2.43. The number of halogens is 1. The summed E-state index contributed by atoms with van der Waals surface area (Å²) in [5.41, 5.74) is 0.354. The van der Waals surface area contributed by atoms with Crippen LogP contribution in [0.1, 0.15) is 12.8 Å². The highest BCUT2D eigenvalue weighted by atomic mass is 35.5. The van der Waals surface area contributed by atoms with Crippen molar-refractivity contribution in [1.29, 1.82) is 0 Å². The first-order chi connectivity index (χ1) is 7.72. The zero-order valence-electron chi connectivity index (χ0n) is 9.07.